The first-order valence-corrected chi connectivity index (χ1v) is 6.62. The van der Waals surface area contributed by atoms with Crippen LogP contribution in [0.1, 0.15) is 0 Å². The molecule has 0 aliphatic carbocycles. The summed E-state index contributed by atoms with van der Waals surface area (Å²) in [5.41, 5.74) is 0. The predicted octanol–water partition coefficient (Wildman–Crippen LogP) is -10.9. The van der Waals surface area contributed by atoms with Crippen LogP contribution >= 0.6 is 0 Å². The number of carboxylic acids is 2. The van der Waals surface area contributed by atoms with Crippen LogP contribution in [0.5, 0.6) is 0 Å². The van der Waals surface area contributed by atoms with E-state index in [-0.39, 0.29) is 42.1 Å². The molecule has 8 unspecified atom stereocenters. The predicted molar refractivity (Wildman–Crippen MR) is 72.8 cm³/mol. The van der Waals surface area contributed by atoms with Crippen molar-refractivity contribution in [1.82, 2.24) is 0 Å². The van der Waals surface area contributed by atoms with Crippen LogP contribution in [-0.2, 0) is 19.2 Å². The van der Waals surface area contributed by atoms with Gasteiger partial charge in [0.2, 0.25) is 0 Å². The van der Waals surface area contributed by atoms with Crippen LogP contribution < -0.4 is 34.7 Å². The van der Waals surface area contributed by atoms with Crippen molar-refractivity contribution in [3.8, 4) is 0 Å². The van der Waals surface area contributed by atoms with Gasteiger partial charge in [-0.05, 0) is 0 Å². The number of aliphatic hydroxyl groups excluding tert-OH is 8. The second-order valence-electron chi connectivity index (χ2n) is 4.76. The van der Waals surface area contributed by atoms with E-state index in [1.165, 1.54) is 0 Å². The number of aliphatic hydroxyl groups is 8. The third-order valence-corrected chi connectivity index (χ3v) is 2.82. The zero-order valence-corrected chi connectivity index (χ0v) is 15.8. The molecule has 0 spiro atoms. The molecule has 0 rings (SSSR count). The average Bonchev–Trinajstić information content (AvgIpc) is 2.62. The summed E-state index contributed by atoms with van der Waals surface area (Å²) in [7, 11) is 0. The van der Waals surface area contributed by atoms with Gasteiger partial charge in [0.1, 0.15) is 42.7 Å². The molecule has 14 nitrogen and oxygen atoms in total. The van der Waals surface area contributed by atoms with E-state index in [9.17, 15) is 24.3 Å². The quantitative estimate of drug-likeness (QED) is 0.119. The molecule has 27 heavy (non-hydrogen) atoms. The van der Waals surface area contributed by atoms with Crippen LogP contribution in [0, 0.1) is 0 Å². The molecule has 0 bridgehead atoms. The summed E-state index contributed by atoms with van der Waals surface area (Å²) in [6.45, 7) is 0. The second kappa shape index (κ2) is 14.9. The van der Waals surface area contributed by atoms with Crippen molar-refractivity contribution in [3.63, 3.8) is 0 Å². The Kier molecular flexibility index (Phi) is 17.0. The van der Waals surface area contributed by atoms with Crippen LogP contribution in [0.3, 0.4) is 0 Å². The largest absolute Gasteiger partial charge is 1.00 e. The number of carbonyl (C=O) groups is 4. The van der Waals surface area contributed by atoms with Crippen LogP contribution in [-0.4, -0.2) is 119 Å². The third kappa shape index (κ3) is 10.8. The maximum absolute atomic E-state index is 10.1. The van der Waals surface area contributed by atoms with Gasteiger partial charge in [0.05, 0.1) is 5.97 Å². The molecular weight excluding hydrogens is 391 g/mol. The van der Waals surface area contributed by atoms with E-state index in [2.05, 4.69) is 0 Å². The van der Waals surface area contributed by atoms with Crippen molar-refractivity contribution in [2.45, 2.75) is 48.8 Å². The average molecular weight is 410 g/mol. The molecule has 0 heterocycles. The topological polar surface area (TPSA) is 273 Å². The Hall–Kier alpha value is -1.04. The van der Waals surface area contributed by atoms with E-state index in [1.807, 2.05) is 0 Å². The van der Waals surface area contributed by atoms with Crippen LogP contribution in [0.15, 0.2) is 0 Å². The number of carbonyl (C=O) groups excluding carboxylic acids is 3. The first-order valence-electron chi connectivity index (χ1n) is 6.62. The molecule has 0 saturated heterocycles. The maximum Gasteiger partial charge on any atom is 1.00 e. The van der Waals surface area contributed by atoms with Gasteiger partial charge in [-0.15, -0.1) is 0 Å². The normalized spacial score (nSPS) is 19.3. The first kappa shape index (κ1) is 30.7. The van der Waals surface area contributed by atoms with Gasteiger partial charge in [-0.25, -0.2) is 4.79 Å². The number of hydrogen-bond donors (Lipinski definition) is 9. The van der Waals surface area contributed by atoms with Crippen molar-refractivity contribution in [2.24, 2.45) is 0 Å². The minimum absolute atomic E-state index is 0. The summed E-state index contributed by atoms with van der Waals surface area (Å²) in [4.78, 5) is 39.8. The SMILES string of the molecule is O=CC(O)C(O)C(O)C(O)C(=O)O.O=CC(O)C(O)C(O)C(O)C(=O)[O-].[Na+]. The zero-order chi connectivity index (χ0) is 21.2. The smallest absolute Gasteiger partial charge is 0.547 e. The molecule has 8 atom stereocenters. The van der Waals surface area contributed by atoms with Crippen molar-refractivity contribution < 1.29 is 99.8 Å². The first-order chi connectivity index (χ1) is 11.8. The maximum atomic E-state index is 10.1. The third-order valence-electron chi connectivity index (χ3n) is 2.82. The van der Waals surface area contributed by atoms with E-state index in [0.717, 1.165) is 0 Å². The van der Waals surface area contributed by atoms with Gasteiger partial charge in [-0.2, -0.15) is 0 Å². The standard InChI is InChI=1S/2C6H10O7.Na/c2*7-1-2(8)3(9)4(10)5(11)6(12)13;/h2*1-5,8-11H,(H,12,13);/q;;+1/p-1. The Morgan fingerprint density at radius 1 is 0.667 bits per heavy atom. The molecule has 9 N–H and O–H groups in total. The number of aldehydes is 2. The van der Waals surface area contributed by atoms with Gasteiger partial charge in [-0.3, -0.25) is 0 Å². The number of carboxylic acid groups (broad SMARTS) is 2. The van der Waals surface area contributed by atoms with Gasteiger partial charge in [0.15, 0.2) is 18.7 Å². The Bertz CT molecular complexity index is 431. The molecule has 152 valence electrons. The molecule has 0 amide bonds. The molecule has 0 aromatic heterocycles. The van der Waals surface area contributed by atoms with Gasteiger partial charge in [0.25, 0.3) is 0 Å². The van der Waals surface area contributed by atoms with Crippen molar-refractivity contribution in [3.05, 3.63) is 0 Å². The van der Waals surface area contributed by atoms with E-state index in [4.69, 9.17) is 46.0 Å². The minimum atomic E-state index is -2.36. The van der Waals surface area contributed by atoms with Crippen molar-refractivity contribution >= 4 is 24.5 Å². The summed E-state index contributed by atoms with van der Waals surface area (Å²) in [6.07, 6.45) is -17.0. The van der Waals surface area contributed by atoms with Gasteiger partial charge < -0.3 is 65.4 Å². The van der Waals surface area contributed by atoms with E-state index >= 15 is 0 Å². The van der Waals surface area contributed by atoms with E-state index in [1.54, 1.807) is 0 Å². The molecule has 0 aliphatic heterocycles. The molecule has 0 aliphatic rings. The fourth-order valence-electron chi connectivity index (χ4n) is 1.22. The Labute approximate surface area is 173 Å². The number of hydrogen-bond acceptors (Lipinski definition) is 13. The Balaban J connectivity index is -0.000000411. The van der Waals surface area contributed by atoms with Gasteiger partial charge >= 0.3 is 35.5 Å². The Morgan fingerprint density at radius 3 is 1.19 bits per heavy atom. The molecule has 0 saturated carbocycles. The van der Waals surface area contributed by atoms with E-state index in [0.29, 0.717) is 0 Å². The second-order valence-corrected chi connectivity index (χ2v) is 4.76. The zero-order valence-electron chi connectivity index (χ0n) is 13.8. The molecule has 0 radical (unpaired) electrons. The van der Waals surface area contributed by atoms with Gasteiger partial charge in [0, 0.05) is 0 Å². The van der Waals surface area contributed by atoms with Crippen LogP contribution in [0.25, 0.3) is 0 Å². The molecular formula is C12H19NaO14. The number of rotatable bonds is 10. The number of aliphatic carboxylic acids is 2. The molecule has 15 heteroatoms. The molecule has 0 aromatic carbocycles. The van der Waals surface area contributed by atoms with Gasteiger partial charge in [-0.1, -0.05) is 0 Å². The molecule has 0 fully saturated rings. The van der Waals surface area contributed by atoms with Crippen LogP contribution in [0.4, 0.5) is 0 Å². The van der Waals surface area contributed by atoms with Crippen LogP contribution in [0.2, 0.25) is 0 Å². The fraction of sp³-hybridized carbons (Fsp3) is 0.667. The van der Waals surface area contributed by atoms with Crippen molar-refractivity contribution in [2.75, 3.05) is 0 Å². The summed E-state index contributed by atoms with van der Waals surface area (Å²) in [5, 5.41) is 88.0. The Morgan fingerprint density at radius 2 is 0.963 bits per heavy atom. The summed E-state index contributed by atoms with van der Waals surface area (Å²) < 4.78 is 0. The fourth-order valence-corrected chi connectivity index (χ4v) is 1.22. The minimum Gasteiger partial charge on any atom is -0.547 e. The molecule has 0 aromatic rings. The summed E-state index contributed by atoms with van der Waals surface area (Å²) >= 11 is 0. The monoisotopic (exact) mass is 410 g/mol. The van der Waals surface area contributed by atoms with E-state index < -0.39 is 60.8 Å². The van der Waals surface area contributed by atoms with Crippen molar-refractivity contribution in [1.29, 1.82) is 0 Å². The summed E-state index contributed by atoms with van der Waals surface area (Å²) in [5.74, 6) is -3.77. The summed E-state index contributed by atoms with van der Waals surface area (Å²) in [6, 6.07) is 0.